The lowest BCUT2D eigenvalue weighted by atomic mass is 10.1. The van der Waals surface area contributed by atoms with Crippen LogP contribution in [0.4, 0.5) is 11.5 Å². The van der Waals surface area contributed by atoms with Crippen LogP contribution in [-0.2, 0) is 27.0 Å². The number of fused-ring (bicyclic) bond motifs is 2. The van der Waals surface area contributed by atoms with Gasteiger partial charge in [0.1, 0.15) is 13.2 Å². The normalized spacial score (nSPS) is 12.9. The Morgan fingerprint density at radius 2 is 1.74 bits per heavy atom. The van der Waals surface area contributed by atoms with Gasteiger partial charge in [-0.2, -0.15) is 5.10 Å². The molecule has 0 fully saturated rings. The molecule has 10 heteroatoms. The Bertz CT molecular complexity index is 1450. The van der Waals surface area contributed by atoms with Crippen molar-refractivity contribution in [3.8, 4) is 11.5 Å². The molecule has 1 aliphatic rings. The molecule has 2 heterocycles. The van der Waals surface area contributed by atoms with Crippen molar-refractivity contribution in [2.45, 2.75) is 12.2 Å². The largest absolute Gasteiger partial charge is 0.486 e. The number of benzene rings is 3. The van der Waals surface area contributed by atoms with E-state index in [9.17, 15) is 13.2 Å². The summed E-state index contributed by atoms with van der Waals surface area (Å²) < 4.78 is 38.8. The zero-order chi connectivity index (χ0) is 23.5. The first-order chi connectivity index (χ1) is 16.4. The number of nitrogens with one attached hydrogen (secondary N) is 3. The van der Waals surface area contributed by atoms with Gasteiger partial charge in [-0.05, 0) is 41.5 Å². The highest BCUT2D eigenvalue weighted by atomic mass is 32.2. The molecule has 0 radical (unpaired) electrons. The fraction of sp³-hybridized carbons (Fsp3) is 0.167. The fourth-order valence-corrected chi connectivity index (χ4v) is 4.93. The molecule has 0 bridgehead atoms. The van der Waals surface area contributed by atoms with E-state index in [2.05, 4.69) is 20.2 Å². The number of carbonyl (C=O) groups is 1. The number of amides is 1. The van der Waals surface area contributed by atoms with Gasteiger partial charge in [-0.3, -0.25) is 14.6 Å². The number of aromatic amines is 1. The van der Waals surface area contributed by atoms with Gasteiger partial charge in [0, 0.05) is 11.1 Å². The first-order valence-corrected chi connectivity index (χ1v) is 12.3. The predicted octanol–water partition coefficient (Wildman–Crippen LogP) is 3.46. The Labute approximate surface area is 196 Å². The summed E-state index contributed by atoms with van der Waals surface area (Å²) in [6, 6.07) is 19.3. The van der Waals surface area contributed by atoms with Crippen molar-refractivity contribution in [2.75, 3.05) is 23.3 Å². The maximum Gasteiger partial charge on any atom is 0.236 e. The van der Waals surface area contributed by atoms with Crippen molar-refractivity contribution in [1.82, 2.24) is 10.2 Å². The summed E-state index contributed by atoms with van der Waals surface area (Å²) in [5.41, 5.74) is 2.51. The van der Waals surface area contributed by atoms with Gasteiger partial charge >= 0.3 is 0 Å². The molecule has 0 spiro atoms. The van der Waals surface area contributed by atoms with Crippen molar-refractivity contribution in [2.24, 2.45) is 0 Å². The van der Waals surface area contributed by atoms with E-state index < -0.39 is 10.0 Å². The summed E-state index contributed by atoms with van der Waals surface area (Å²) in [6.07, 6.45) is 0.119. The number of anilines is 2. The van der Waals surface area contributed by atoms with Crippen LogP contribution >= 0.6 is 0 Å². The highest BCUT2D eigenvalue weighted by molar-refractivity contribution is 7.91. The highest BCUT2D eigenvalue weighted by Gasteiger charge is 2.16. The lowest BCUT2D eigenvalue weighted by molar-refractivity contribution is -0.115. The lowest BCUT2D eigenvalue weighted by Crippen LogP contribution is -2.17. The van der Waals surface area contributed by atoms with Gasteiger partial charge in [-0.15, -0.1) is 0 Å². The second-order valence-corrected chi connectivity index (χ2v) is 9.60. The number of ether oxygens (including phenoxy) is 2. The molecule has 0 aliphatic carbocycles. The van der Waals surface area contributed by atoms with E-state index in [4.69, 9.17) is 9.47 Å². The molecule has 34 heavy (non-hydrogen) atoms. The van der Waals surface area contributed by atoms with Crippen LogP contribution in [0.5, 0.6) is 11.5 Å². The van der Waals surface area contributed by atoms with Crippen LogP contribution in [0, 0.1) is 0 Å². The molecule has 1 aromatic heterocycles. The molecule has 5 rings (SSSR count). The third-order valence-corrected chi connectivity index (χ3v) is 6.52. The number of carbonyl (C=O) groups excluding carboxylic acids is 1. The second kappa shape index (κ2) is 9.06. The maximum absolute atomic E-state index is 12.7. The van der Waals surface area contributed by atoms with Crippen LogP contribution in [-0.4, -0.2) is 37.7 Å². The minimum atomic E-state index is -3.61. The Morgan fingerprint density at radius 1 is 0.941 bits per heavy atom. The summed E-state index contributed by atoms with van der Waals surface area (Å²) in [6.45, 7) is 0.975. The highest BCUT2D eigenvalue weighted by Crippen LogP contribution is 2.31. The zero-order valence-electron chi connectivity index (χ0n) is 18.1. The summed E-state index contributed by atoms with van der Waals surface area (Å²) in [7, 11) is -3.61. The molecule has 0 atom stereocenters. The van der Waals surface area contributed by atoms with Crippen LogP contribution in [0.15, 0.2) is 66.7 Å². The molecule has 3 N–H and O–H groups in total. The molecular weight excluding hydrogens is 456 g/mol. The second-order valence-electron chi connectivity index (χ2n) is 7.88. The molecule has 174 valence electrons. The van der Waals surface area contributed by atoms with Gasteiger partial charge in [-0.1, -0.05) is 36.4 Å². The van der Waals surface area contributed by atoms with Gasteiger partial charge in [0.05, 0.1) is 17.7 Å². The van der Waals surface area contributed by atoms with Crippen molar-refractivity contribution in [1.29, 1.82) is 0 Å². The minimum absolute atomic E-state index is 0.119. The first-order valence-electron chi connectivity index (χ1n) is 10.7. The van der Waals surface area contributed by atoms with E-state index >= 15 is 0 Å². The van der Waals surface area contributed by atoms with E-state index in [0.29, 0.717) is 52.7 Å². The number of rotatable bonds is 7. The first kappa shape index (κ1) is 21.8. The van der Waals surface area contributed by atoms with Crippen molar-refractivity contribution >= 4 is 38.3 Å². The predicted molar refractivity (Wildman–Crippen MR) is 129 cm³/mol. The average Bonchev–Trinajstić information content (AvgIpc) is 3.20. The maximum atomic E-state index is 12.7. The Hall–Kier alpha value is -4.05. The Balaban J connectivity index is 1.29. The van der Waals surface area contributed by atoms with Crippen molar-refractivity contribution < 1.29 is 22.7 Å². The summed E-state index contributed by atoms with van der Waals surface area (Å²) >= 11 is 0. The SMILES string of the molecule is O=C(Cc1ccc2c(c1)OCCO2)Nc1n[nH]c2ccc(NS(=O)(=O)Cc3ccccc3)cc12. The van der Waals surface area contributed by atoms with E-state index in [-0.39, 0.29) is 18.1 Å². The van der Waals surface area contributed by atoms with Gasteiger partial charge < -0.3 is 14.8 Å². The summed E-state index contributed by atoms with van der Waals surface area (Å²) in [4.78, 5) is 12.7. The molecule has 9 nitrogen and oxygen atoms in total. The monoisotopic (exact) mass is 478 g/mol. The molecule has 0 unspecified atom stereocenters. The molecule has 1 amide bonds. The number of nitrogens with zero attached hydrogens (tertiary/aromatic N) is 1. The molecule has 0 saturated carbocycles. The minimum Gasteiger partial charge on any atom is -0.486 e. The van der Waals surface area contributed by atoms with Crippen LogP contribution in [0.3, 0.4) is 0 Å². The van der Waals surface area contributed by atoms with E-state index in [1.165, 1.54) is 0 Å². The van der Waals surface area contributed by atoms with Gasteiger partial charge in [0.25, 0.3) is 0 Å². The molecule has 1 aliphatic heterocycles. The van der Waals surface area contributed by atoms with Crippen LogP contribution in [0.1, 0.15) is 11.1 Å². The third-order valence-electron chi connectivity index (χ3n) is 5.26. The zero-order valence-corrected chi connectivity index (χ0v) is 18.9. The van der Waals surface area contributed by atoms with Crippen molar-refractivity contribution in [3.63, 3.8) is 0 Å². The van der Waals surface area contributed by atoms with E-state index in [1.807, 2.05) is 12.1 Å². The molecular formula is C24H22N4O5S. The number of aromatic nitrogens is 2. The Kier molecular flexibility index (Phi) is 5.81. The quantitative estimate of drug-likeness (QED) is 0.374. The van der Waals surface area contributed by atoms with Gasteiger partial charge in [0.15, 0.2) is 17.3 Å². The number of hydrogen-bond donors (Lipinski definition) is 3. The molecule has 0 saturated heterocycles. The topological polar surface area (TPSA) is 122 Å². The standard InChI is InChI=1S/C24H22N4O5S/c29-23(13-17-6-9-21-22(12-17)33-11-10-32-21)25-24-19-14-18(7-8-20(19)26-27-24)28-34(30,31)15-16-4-2-1-3-5-16/h1-9,12,14,28H,10-11,13,15H2,(H2,25,26,27,29). The average molecular weight is 479 g/mol. The Morgan fingerprint density at radius 3 is 2.56 bits per heavy atom. The van der Waals surface area contributed by atoms with Gasteiger partial charge in [-0.25, -0.2) is 8.42 Å². The fourth-order valence-electron chi connectivity index (χ4n) is 3.74. The van der Waals surface area contributed by atoms with Gasteiger partial charge in [0.2, 0.25) is 15.9 Å². The van der Waals surface area contributed by atoms with Crippen LogP contribution < -0.4 is 19.5 Å². The third kappa shape index (κ3) is 4.96. The van der Waals surface area contributed by atoms with Crippen molar-refractivity contribution in [3.05, 3.63) is 77.9 Å². The molecule has 4 aromatic rings. The van der Waals surface area contributed by atoms with E-state index in [0.717, 1.165) is 5.56 Å². The summed E-state index contributed by atoms with van der Waals surface area (Å²) in [5, 5.41) is 10.4. The number of H-pyrrole nitrogens is 1. The number of sulfonamides is 1. The van der Waals surface area contributed by atoms with Crippen LogP contribution in [0.25, 0.3) is 10.9 Å². The lowest BCUT2D eigenvalue weighted by Gasteiger charge is -2.18. The summed E-state index contributed by atoms with van der Waals surface area (Å²) in [5.74, 6) is 1.20. The molecule has 3 aromatic carbocycles. The van der Waals surface area contributed by atoms with Crippen LogP contribution in [0.2, 0.25) is 0 Å². The number of hydrogen-bond acceptors (Lipinski definition) is 6. The smallest absolute Gasteiger partial charge is 0.236 e. The van der Waals surface area contributed by atoms with E-state index in [1.54, 1.807) is 54.6 Å².